The molecular formula is C29H25F3N2O3. The van der Waals surface area contributed by atoms with E-state index in [1.807, 2.05) is 36.4 Å². The van der Waals surface area contributed by atoms with Gasteiger partial charge in [-0.25, -0.2) is 4.98 Å². The van der Waals surface area contributed by atoms with Gasteiger partial charge in [0.2, 0.25) is 0 Å². The minimum atomic E-state index is -4.41. The molecule has 1 aromatic heterocycles. The number of hydrogen-bond acceptors (Lipinski definition) is 3. The van der Waals surface area contributed by atoms with Crippen molar-refractivity contribution in [2.45, 2.75) is 38.4 Å². The Kier molecular flexibility index (Phi) is 7.86. The van der Waals surface area contributed by atoms with Crippen molar-refractivity contribution in [2.75, 3.05) is 0 Å². The third-order valence-electron chi connectivity index (χ3n) is 6.02. The van der Waals surface area contributed by atoms with Gasteiger partial charge in [0.15, 0.2) is 0 Å². The van der Waals surface area contributed by atoms with Crippen LogP contribution in [0.5, 0.6) is 0 Å². The highest BCUT2D eigenvalue weighted by Gasteiger charge is 2.29. The number of pyridine rings is 1. The number of carboxylic acid groups (broad SMARTS) is 1. The van der Waals surface area contributed by atoms with Gasteiger partial charge in [-0.3, -0.25) is 9.59 Å². The number of carbonyl (C=O) groups is 2. The number of hydrogen-bond donors (Lipinski definition) is 2. The lowest BCUT2D eigenvalue weighted by Gasteiger charge is -2.12. The third-order valence-corrected chi connectivity index (χ3v) is 6.02. The molecule has 2 N–H and O–H groups in total. The maximum absolute atomic E-state index is 12.8. The van der Waals surface area contributed by atoms with E-state index >= 15 is 0 Å². The standard InChI is InChI=1S/C29H25F3N2O3/c30-29(31,32)24-13-10-19(11-14-24)18-33-28(37)22-12-15-25-23(17-22)16-21(8-4-5-9-26(35)36)27(34-25)20-6-2-1-3-7-20/h1-3,6-7,10-17H,4-5,8-9,18H2,(H,33,37)(H,35,36). The van der Waals surface area contributed by atoms with Gasteiger partial charge in [-0.15, -0.1) is 0 Å². The average molecular weight is 507 g/mol. The number of carboxylic acids is 1. The van der Waals surface area contributed by atoms with Crippen LogP contribution < -0.4 is 5.32 Å². The first-order chi connectivity index (χ1) is 17.7. The number of nitrogens with zero attached hydrogens (tertiary/aromatic N) is 1. The minimum absolute atomic E-state index is 0.0923. The van der Waals surface area contributed by atoms with Crippen LogP contribution in [-0.4, -0.2) is 22.0 Å². The smallest absolute Gasteiger partial charge is 0.416 e. The molecule has 0 spiro atoms. The summed E-state index contributed by atoms with van der Waals surface area (Å²) in [4.78, 5) is 28.5. The topological polar surface area (TPSA) is 79.3 Å². The van der Waals surface area contributed by atoms with Crippen molar-refractivity contribution < 1.29 is 27.9 Å². The number of nitrogens with one attached hydrogen (secondary N) is 1. The van der Waals surface area contributed by atoms with E-state index in [0.29, 0.717) is 35.9 Å². The van der Waals surface area contributed by atoms with Crippen molar-refractivity contribution in [2.24, 2.45) is 0 Å². The van der Waals surface area contributed by atoms with Crippen molar-refractivity contribution in [1.29, 1.82) is 0 Å². The van der Waals surface area contributed by atoms with E-state index in [1.165, 1.54) is 12.1 Å². The van der Waals surface area contributed by atoms with Crippen molar-refractivity contribution in [3.63, 3.8) is 0 Å². The number of rotatable bonds is 9. The Morgan fingerprint density at radius 2 is 1.62 bits per heavy atom. The highest BCUT2D eigenvalue weighted by Crippen LogP contribution is 2.29. The molecule has 4 aromatic rings. The summed E-state index contributed by atoms with van der Waals surface area (Å²) < 4.78 is 38.3. The number of carbonyl (C=O) groups excluding carboxylic acids is 1. The predicted molar refractivity (Wildman–Crippen MR) is 135 cm³/mol. The lowest BCUT2D eigenvalue weighted by Crippen LogP contribution is -2.22. The Morgan fingerprint density at radius 3 is 2.30 bits per heavy atom. The Balaban J connectivity index is 1.54. The first-order valence-electron chi connectivity index (χ1n) is 11.9. The molecule has 190 valence electrons. The molecule has 0 atom stereocenters. The molecule has 0 radical (unpaired) electrons. The van der Waals surface area contributed by atoms with Gasteiger partial charge in [-0.2, -0.15) is 13.2 Å². The van der Waals surface area contributed by atoms with Crippen molar-refractivity contribution >= 4 is 22.8 Å². The molecule has 0 saturated carbocycles. The number of aromatic nitrogens is 1. The molecule has 8 heteroatoms. The van der Waals surface area contributed by atoms with Crippen molar-refractivity contribution in [1.82, 2.24) is 10.3 Å². The van der Waals surface area contributed by atoms with Crippen LogP contribution in [0.3, 0.4) is 0 Å². The van der Waals surface area contributed by atoms with Gasteiger partial charge in [0.1, 0.15) is 0 Å². The number of amides is 1. The molecule has 0 fully saturated rings. The van der Waals surface area contributed by atoms with Gasteiger partial charge in [0.25, 0.3) is 5.91 Å². The number of fused-ring (bicyclic) bond motifs is 1. The second-order valence-electron chi connectivity index (χ2n) is 8.75. The number of aliphatic carboxylic acids is 1. The number of aryl methyl sites for hydroxylation is 1. The number of halogens is 3. The predicted octanol–water partition coefficient (Wildman–Crippen LogP) is 6.65. The quantitative estimate of drug-likeness (QED) is 0.249. The van der Waals surface area contributed by atoms with Crippen molar-refractivity contribution in [3.8, 4) is 11.3 Å². The highest BCUT2D eigenvalue weighted by atomic mass is 19.4. The molecule has 1 amide bonds. The summed E-state index contributed by atoms with van der Waals surface area (Å²) >= 11 is 0. The summed E-state index contributed by atoms with van der Waals surface area (Å²) in [5, 5.41) is 12.5. The van der Waals surface area contributed by atoms with E-state index in [-0.39, 0.29) is 18.9 Å². The first-order valence-corrected chi connectivity index (χ1v) is 11.9. The summed E-state index contributed by atoms with van der Waals surface area (Å²) in [6.45, 7) is 0.0923. The summed E-state index contributed by atoms with van der Waals surface area (Å²) in [7, 11) is 0. The van der Waals surface area contributed by atoms with Gasteiger partial charge in [-0.05, 0) is 66.8 Å². The summed E-state index contributed by atoms with van der Waals surface area (Å²) in [6.07, 6.45) is -2.42. The zero-order chi connectivity index (χ0) is 26.4. The molecule has 4 rings (SSSR count). The lowest BCUT2D eigenvalue weighted by molar-refractivity contribution is -0.138. The molecule has 3 aromatic carbocycles. The van der Waals surface area contributed by atoms with Crippen molar-refractivity contribution in [3.05, 3.63) is 101 Å². The summed E-state index contributed by atoms with van der Waals surface area (Å²) in [5.41, 5.74) is 3.68. The molecule has 0 aliphatic heterocycles. The molecule has 5 nitrogen and oxygen atoms in total. The van der Waals surface area contributed by atoms with Crippen LogP contribution in [0.25, 0.3) is 22.2 Å². The fraction of sp³-hybridized carbons (Fsp3) is 0.207. The zero-order valence-corrected chi connectivity index (χ0v) is 19.9. The molecule has 0 unspecified atom stereocenters. The Morgan fingerprint density at radius 1 is 0.892 bits per heavy atom. The fourth-order valence-electron chi connectivity index (χ4n) is 4.09. The first kappa shape index (κ1) is 25.9. The number of benzene rings is 3. The molecule has 37 heavy (non-hydrogen) atoms. The van der Waals surface area contributed by atoms with Crippen LogP contribution in [0, 0.1) is 0 Å². The van der Waals surface area contributed by atoms with E-state index in [4.69, 9.17) is 10.1 Å². The molecule has 0 saturated heterocycles. The normalized spacial score (nSPS) is 11.4. The monoisotopic (exact) mass is 506 g/mol. The number of alkyl halides is 3. The summed E-state index contributed by atoms with van der Waals surface area (Å²) in [6, 6.07) is 21.5. The Hall–Kier alpha value is -4.20. The molecule has 0 aliphatic rings. The van der Waals surface area contributed by atoms with Crippen LogP contribution in [-0.2, 0) is 23.9 Å². The minimum Gasteiger partial charge on any atom is -0.481 e. The summed E-state index contributed by atoms with van der Waals surface area (Å²) in [5.74, 6) is -1.18. The molecular weight excluding hydrogens is 481 g/mol. The van der Waals surface area contributed by atoms with E-state index in [2.05, 4.69) is 5.32 Å². The molecule has 1 heterocycles. The van der Waals surface area contributed by atoms with Gasteiger partial charge >= 0.3 is 12.1 Å². The fourth-order valence-corrected chi connectivity index (χ4v) is 4.09. The van der Waals surface area contributed by atoms with Crippen LogP contribution in [0.1, 0.15) is 46.3 Å². The SMILES string of the molecule is O=C(O)CCCCc1cc2cc(C(=O)NCc3ccc(C(F)(F)F)cc3)ccc2nc1-c1ccccc1. The van der Waals surface area contributed by atoms with E-state index in [9.17, 15) is 22.8 Å². The van der Waals surface area contributed by atoms with E-state index < -0.39 is 17.7 Å². The lowest BCUT2D eigenvalue weighted by atomic mass is 9.98. The van der Waals surface area contributed by atoms with Gasteiger partial charge < -0.3 is 10.4 Å². The van der Waals surface area contributed by atoms with Crippen LogP contribution in [0.15, 0.2) is 78.9 Å². The van der Waals surface area contributed by atoms with Gasteiger partial charge in [-0.1, -0.05) is 42.5 Å². The van der Waals surface area contributed by atoms with Crippen LogP contribution in [0.2, 0.25) is 0 Å². The Bertz CT molecular complexity index is 1400. The maximum atomic E-state index is 12.8. The number of unbranched alkanes of at least 4 members (excludes halogenated alkanes) is 1. The molecule has 0 bridgehead atoms. The maximum Gasteiger partial charge on any atom is 0.416 e. The van der Waals surface area contributed by atoms with Gasteiger partial charge in [0.05, 0.1) is 16.8 Å². The van der Waals surface area contributed by atoms with E-state index in [0.717, 1.165) is 34.3 Å². The van der Waals surface area contributed by atoms with Crippen LogP contribution >= 0.6 is 0 Å². The Labute approximate surface area is 212 Å². The molecule has 0 aliphatic carbocycles. The largest absolute Gasteiger partial charge is 0.481 e. The second-order valence-corrected chi connectivity index (χ2v) is 8.75. The average Bonchev–Trinajstić information content (AvgIpc) is 2.89. The van der Waals surface area contributed by atoms with E-state index in [1.54, 1.807) is 18.2 Å². The third kappa shape index (κ3) is 6.73. The van der Waals surface area contributed by atoms with Crippen LogP contribution in [0.4, 0.5) is 13.2 Å². The highest BCUT2D eigenvalue weighted by molar-refractivity contribution is 5.98. The van der Waals surface area contributed by atoms with Gasteiger partial charge in [0, 0.05) is 29.5 Å². The second kappa shape index (κ2) is 11.2. The zero-order valence-electron chi connectivity index (χ0n) is 19.9.